The lowest BCUT2D eigenvalue weighted by Gasteiger charge is -2.30. The van der Waals surface area contributed by atoms with Gasteiger partial charge in [0.15, 0.2) is 0 Å². The molecule has 2 saturated heterocycles. The first-order chi connectivity index (χ1) is 26.9. The quantitative estimate of drug-likeness (QED) is 0.125. The number of aromatic amines is 2. The monoisotopic (exact) mass is 800 g/mol. The number of imidazole rings is 2. The van der Waals surface area contributed by atoms with Gasteiger partial charge in [-0.25, -0.2) is 19.6 Å². The number of likely N-dealkylation sites (tertiary alicyclic amines) is 2. The van der Waals surface area contributed by atoms with Gasteiger partial charge in [0.2, 0.25) is 11.8 Å². The van der Waals surface area contributed by atoms with E-state index in [0.717, 1.165) is 70.8 Å². The summed E-state index contributed by atoms with van der Waals surface area (Å²) in [6.45, 7) is 8.75. The summed E-state index contributed by atoms with van der Waals surface area (Å²) in [4.78, 5) is 71.1. The van der Waals surface area contributed by atoms with E-state index < -0.39 is 24.3 Å². The zero-order valence-corrected chi connectivity index (χ0v) is 34.2. The minimum absolute atomic E-state index is 0. The van der Waals surface area contributed by atoms with E-state index in [0.29, 0.717) is 31.2 Å². The van der Waals surface area contributed by atoms with Gasteiger partial charge in [-0.1, -0.05) is 39.8 Å². The number of rotatable bonds is 10. The lowest BCUT2D eigenvalue weighted by Crippen LogP contribution is -2.51. The second-order valence-corrected chi connectivity index (χ2v) is 15.4. The van der Waals surface area contributed by atoms with Crippen molar-refractivity contribution < 1.29 is 33.4 Å². The number of hydrogen-bond donors (Lipinski definition) is 4. The molecule has 4 aromatic rings. The maximum atomic E-state index is 13.6. The van der Waals surface area contributed by atoms with Crippen molar-refractivity contribution in [1.29, 1.82) is 0 Å². The Kier molecular flexibility index (Phi) is 12.5. The summed E-state index contributed by atoms with van der Waals surface area (Å²) in [6.07, 6.45) is 6.21. The van der Waals surface area contributed by atoms with Crippen molar-refractivity contribution >= 4 is 37.5 Å². The van der Waals surface area contributed by atoms with Crippen LogP contribution in [-0.2, 0) is 25.5 Å². The van der Waals surface area contributed by atoms with Crippen molar-refractivity contribution in [3.8, 4) is 34.0 Å². The molecule has 4 N–H and O–H groups in total. The molecule has 2 aromatic carbocycles. The van der Waals surface area contributed by atoms with Crippen LogP contribution < -0.4 is 15.4 Å². The normalized spacial score (nSPS) is 18.2. The van der Waals surface area contributed by atoms with Gasteiger partial charge in [0.25, 0.3) is 0 Å². The minimum atomic E-state index is -0.701. The third kappa shape index (κ3) is 8.46. The first-order valence-electron chi connectivity index (χ1n) is 19.3. The highest BCUT2D eigenvalue weighted by Crippen LogP contribution is 2.41. The molecule has 57 heavy (non-hydrogen) atoms. The molecule has 4 atom stereocenters. The summed E-state index contributed by atoms with van der Waals surface area (Å²) < 4.78 is 16.0. The number of ether oxygens (including phenoxy) is 3. The molecule has 304 valence electrons. The van der Waals surface area contributed by atoms with Gasteiger partial charge in [-0.3, -0.25) is 9.59 Å². The molecule has 5 heterocycles. The predicted molar refractivity (Wildman–Crippen MR) is 217 cm³/mol. The number of alkyl carbamates (subject to hydrolysis) is 2. The zero-order valence-electron chi connectivity index (χ0n) is 33.2. The van der Waals surface area contributed by atoms with Crippen LogP contribution in [0.1, 0.15) is 88.2 Å². The number of methoxy groups -OCH3 is 2. The van der Waals surface area contributed by atoms with Gasteiger partial charge in [-0.15, -0.1) is 0 Å². The number of fused-ring (bicyclic) bond motifs is 2. The number of H-pyrrole nitrogens is 2. The number of carbonyl (C=O) groups is 4. The van der Waals surface area contributed by atoms with Crippen molar-refractivity contribution in [3.63, 3.8) is 0 Å². The Hall–Kier alpha value is -5.51. The molecule has 2 fully saturated rings. The molecule has 15 nitrogen and oxygen atoms in total. The van der Waals surface area contributed by atoms with Crippen LogP contribution in [0.3, 0.4) is 0 Å². The molecule has 0 bridgehead atoms. The Morgan fingerprint density at radius 3 is 1.70 bits per heavy atom. The molecule has 0 spiro atoms. The Bertz CT molecular complexity index is 1970. The topological polar surface area (TPSA) is 184 Å². The van der Waals surface area contributed by atoms with Crippen LogP contribution in [0.5, 0.6) is 11.5 Å². The predicted octanol–water partition coefficient (Wildman–Crippen LogP) is 6.36. The van der Waals surface area contributed by atoms with Gasteiger partial charge in [0.1, 0.15) is 35.2 Å². The maximum Gasteiger partial charge on any atom is 0.407 e. The molecule has 3 aliphatic heterocycles. The van der Waals surface area contributed by atoms with E-state index in [1.54, 1.807) is 22.2 Å². The van der Waals surface area contributed by atoms with E-state index in [1.165, 1.54) is 14.2 Å². The van der Waals surface area contributed by atoms with E-state index in [1.807, 2.05) is 52.0 Å². The van der Waals surface area contributed by atoms with E-state index in [4.69, 9.17) is 24.2 Å². The van der Waals surface area contributed by atoms with E-state index >= 15 is 0 Å². The number of aromatic nitrogens is 4. The van der Waals surface area contributed by atoms with E-state index in [2.05, 4.69) is 32.7 Å². The largest absolute Gasteiger partial charge is 0.457 e. The Morgan fingerprint density at radius 1 is 0.719 bits per heavy atom. The van der Waals surface area contributed by atoms with Gasteiger partial charge in [0, 0.05) is 30.6 Å². The molecule has 2 aromatic heterocycles. The van der Waals surface area contributed by atoms with Crippen molar-refractivity contribution in [3.05, 3.63) is 71.6 Å². The Morgan fingerprint density at radius 2 is 1.21 bits per heavy atom. The summed E-state index contributed by atoms with van der Waals surface area (Å²) >= 11 is 0. The number of nitrogens with zero attached hydrogens (tertiary/aromatic N) is 4. The fourth-order valence-electron chi connectivity index (χ4n) is 7.96. The summed E-state index contributed by atoms with van der Waals surface area (Å²) in [6, 6.07) is 10.3. The first-order valence-corrected chi connectivity index (χ1v) is 19.3. The van der Waals surface area contributed by atoms with E-state index in [-0.39, 0.29) is 49.2 Å². The summed E-state index contributed by atoms with van der Waals surface area (Å²) in [5.74, 6) is 2.42. The molecule has 16 heteroatoms. The van der Waals surface area contributed by atoms with Crippen LogP contribution in [0.2, 0.25) is 0 Å². The maximum absolute atomic E-state index is 13.6. The first kappa shape index (κ1) is 41.1. The number of amides is 4. The molecule has 3 aliphatic rings. The van der Waals surface area contributed by atoms with Crippen LogP contribution in [0.4, 0.5) is 9.59 Å². The highest BCUT2D eigenvalue weighted by Gasteiger charge is 2.39. The van der Waals surface area contributed by atoms with Crippen LogP contribution in [-0.4, -0.2) is 93.1 Å². The lowest BCUT2D eigenvalue weighted by molar-refractivity contribution is -0.136. The highest BCUT2D eigenvalue weighted by molar-refractivity contribution is 7.59. The van der Waals surface area contributed by atoms with Crippen LogP contribution >= 0.6 is 13.5 Å². The van der Waals surface area contributed by atoms with Gasteiger partial charge >= 0.3 is 12.2 Å². The van der Waals surface area contributed by atoms with Crippen molar-refractivity contribution in [2.75, 3.05) is 27.3 Å². The van der Waals surface area contributed by atoms with Crippen LogP contribution in [0.15, 0.2) is 48.8 Å². The van der Waals surface area contributed by atoms with Crippen molar-refractivity contribution in [2.24, 2.45) is 11.8 Å². The number of nitrogens with one attached hydrogen (secondary N) is 4. The SMILES string of the molecule is COC(=O)N[C@H](C(=O)N1CCC[C@H]1c1ncc(-c2ccc3c(c2)Cc2ccc(-c4cnc([C@@H]5CCCN5C(=O)[C@@H](NC(=O)OC)C(C)C)[nH]4)cc2O3)[nH]1)C(C)C.S. The summed E-state index contributed by atoms with van der Waals surface area (Å²) in [7, 11) is 2.57. The average Bonchev–Trinajstić information content (AvgIpc) is 4.03. The molecule has 0 aliphatic carbocycles. The minimum Gasteiger partial charge on any atom is -0.457 e. The third-order valence-electron chi connectivity index (χ3n) is 11.0. The Balaban J connectivity index is 0.00000549. The highest BCUT2D eigenvalue weighted by atomic mass is 32.1. The van der Waals surface area contributed by atoms with Gasteiger partial charge in [-0.05, 0) is 72.9 Å². The second-order valence-electron chi connectivity index (χ2n) is 15.4. The Labute approximate surface area is 339 Å². The van der Waals surface area contributed by atoms with Gasteiger partial charge < -0.3 is 44.6 Å². The molecular formula is C41H52N8O7S. The van der Waals surface area contributed by atoms with Crippen LogP contribution in [0.25, 0.3) is 22.5 Å². The molecule has 0 saturated carbocycles. The molecule has 0 unspecified atom stereocenters. The number of carbonyl (C=O) groups excluding carboxylic acids is 4. The average molecular weight is 801 g/mol. The zero-order chi connectivity index (χ0) is 39.7. The van der Waals surface area contributed by atoms with E-state index in [9.17, 15) is 19.2 Å². The number of hydrogen-bond acceptors (Lipinski definition) is 9. The van der Waals surface area contributed by atoms with Crippen molar-refractivity contribution in [1.82, 2.24) is 40.4 Å². The van der Waals surface area contributed by atoms with Crippen molar-refractivity contribution in [2.45, 2.75) is 84.0 Å². The lowest BCUT2D eigenvalue weighted by atomic mass is 9.96. The molecule has 4 amide bonds. The molecule has 0 radical (unpaired) electrons. The fraction of sp³-hybridized carbons (Fsp3) is 0.463. The summed E-state index contributed by atoms with van der Waals surface area (Å²) in [5, 5.41) is 5.39. The number of benzene rings is 2. The van der Waals surface area contributed by atoms with Gasteiger partial charge in [-0.2, -0.15) is 13.5 Å². The molecule has 7 rings (SSSR count). The summed E-state index contributed by atoms with van der Waals surface area (Å²) in [5.41, 5.74) is 5.62. The molecular weight excluding hydrogens is 749 g/mol. The van der Waals surface area contributed by atoms with Crippen LogP contribution in [0, 0.1) is 11.8 Å². The standard InChI is InChI=1S/C41H50N8O7.H2S/c1-22(2)34(46-40(52)54-5)38(50)48-15-7-9-30(48)36-42-20-28(44-36)24-13-14-32-27(17-24)18-26-12-11-25(19-33(26)56-32)29-21-43-37(45-29)31-10-8-16-49(31)39(51)35(23(3)4)47-41(53)55-6;/h11-14,17,19-23,30-31,34-35H,7-10,15-16,18H2,1-6H3,(H,42,44)(H,43,45)(H,46,52)(H,47,53);1H2/t30-,31-,34-,35-;/m0./s1. The fourth-order valence-corrected chi connectivity index (χ4v) is 7.96. The second kappa shape index (κ2) is 17.3. The van der Waals surface area contributed by atoms with Gasteiger partial charge in [0.05, 0.1) is 50.1 Å². The third-order valence-corrected chi connectivity index (χ3v) is 11.0. The smallest absolute Gasteiger partial charge is 0.407 e.